The standard InChI is InChI=1S/C14H16N2O/c1-17-12-7-4-6-10-9-11-5-2-3-8-15-14(11)16-13(10)12/h4,6-7,9H,2-3,5,8H2,1H3,(H,15,16). The highest BCUT2D eigenvalue weighted by Gasteiger charge is 2.11. The minimum absolute atomic E-state index is 0.844. The van der Waals surface area contributed by atoms with Crippen LogP contribution in [0.5, 0.6) is 5.75 Å². The van der Waals surface area contributed by atoms with E-state index in [0.29, 0.717) is 0 Å². The van der Waals surface area contributed by atoms with Gasteiger partial charge in [-0.15, -0.1) is 0 Å². The fourth-order valence-electron chi connectivity index (χ4n) is 2.37. The third-order valence-corrected chi connectivity index (χ3v) is 3.27. The molecule has 1 N–H and O–H groups in total. The van der Waals surface area contributed by atoms with Gasteiger partial charge in [-0.1, -0.05) is 12.1 Å². The Balaban J connectivity index is 2.22. The number of para-hydroxylation sites is 1. The molecule has 88 valence electrons. The average Bonchev–Trinajstić information content (AvgIpc) is 2.60. The zero-order chi connectivity index (χ0) is 11.7. The number of rotatable bonds is 1. The minimum Gasteiger partial charge on any atom is -0.494 e. The second-order valence-corrected chi connectivity index (χ2v) is 4.41. The number of aromatic nitrogens is 1. The van der Waals surface area contributed by atoms with Gasteiger partial charge in [-0.3, -0.25) is 0 Å². The Kier molecular flexibility index (Phi) is 2.59. The average molecular weight is 228 g/mol. The fraction of sp³-hybridized carbons (Fsp3) is 0.357. The lowest BCUT2D eigenvalue weighted by atomic mass is 10.1. The molecule has 0 unspecified atom stereocenters. The van der Waals surface area contributed by atoms with Crippen LogP contribution in [0.1, 0.15) is 18.4 Å². The predicted molar refractivity (Wildman–Crippen MR) is 69.7 cm³/mol. The van der Waals surface area contributed by atoms with Gasteiger partial charge in [-0.05, 0) is 37.0 Å². The largest absolute Gasteiger partial charge is 0.494 e. The first-order valence-electron chi connectivity index (χ1n) is 6.09. The summed E-state index contributed by atoms with van der Waals surface area (Å²) < 4.78 is 5.36. The number of nitrogens with zero attached hydrogens (tertiary/aromatic N) is 1. The first-order valence-corrected chi connectivity index (χ1v) is 6.09. The number of benzene rings is 1. The molecule has 2 heterocycles. The molecule has 0 saturated carbocycles. The van der Waals surface area contributed by atoms with Crippen LogP contribution in [0.4, 0.5) is 5.82 Å². The smallest absolute Gasteiger partial charge is 0.145 e. The van der Waals surface area contributed by atoms with Gasteiger partial charge in [-0.25, -0.2) is 4.98 Å². The molecule has 1 aliphatic heterocycles. The number of ether oxygens (including phenoxy) is 1. The van der Waals surface area contributed by atoms with Crippen molar-refractivity contribution in [3.63, 3.8) is 0 Å². The van der Waals surface area contributed by atoms with Crippen LogP contribution < -0.4 is 10.1 Å². The summed E-state index contributed by atoms with van der Waals surface area (Å²) in [7, 11) is 1.69. The van der Waals surface area contributed by atoms with E-state index >= 15 is 0 Å². The Hall–Kier alpha value is -1.77. The molecular weight excluding hydrogens is 212 g/mol. The van der Waals surface area contributed by atoms with Crippen LogP contribution in [0.2, 0.25) is 0 Å². The van der Waals surface area contributed by atoms with Crippen molar-refractivity contribution in [1.82, 2.24) is 4.98 Å². The quantitative estimate of drug-likeness (QED) is 0.814. The van der Waals surface area contributed by atoms with Gasteiger partial charge >= 0.3 is 0 Å². The van der Waals surface area contributed by atoms with Gasteiger partial charge in [0.15, 0.2) is 0 Å². The van der Waals surface area contributed by atoms with Gasteiger partial charge in [0.1, 0.15) is 17.1 Å². The van der Waals surface area contributed by atoms with Crippen molar-refractivity contribution in [2.45, 2.75) is 19.3 Å². The number of pyridine rings is 1. The maximum atomic E-state index is 5.36. The van der Waals surface area contributed by atoms with Gasteiger partial charge in [0.2, 0.25) is 0 Å². The molecule has 3 nitrogen and oxygen atoms in total. The Bertz CT molecular complexity index is 551. The SMILES string of the molecule is COc1cccc2cc3c(nc12)NCCCC3. The Labute approximate surface area is 101 Å². The van der Waals surface area contributed by atoms with E-state index in [9.17, 15) is 0 Å². The lowest BCUT2D eigenvalue weighted by Gasteiger charge is -2.10. The fourth-order valence-corrected chi connectivity index (χ4v) is 2.37. The number of aryl methyl sites for hydroxylation is 1. The van der Waals surface area contributed by atoms with Crippen molar-refractivity contribution < 1.29 is 4.74 Å². The number of anilines is 1. The summed E-state index contributed by atoms with van der Waals surface area (Å²) in [6.45, 7) is 1.01. The Morgan fingerprint density at radius 3 is 3.12 bits per heavy atom. The summed E-state index contributed by atoms with van der Waals surface area (Å²) in [5, 5.41) is 4.56. The second kappa shape index (κ2) is 4.24. The number of nitrogens with one attached hydrogen (secondary N) is 1. The van der Waals surface area contributed by atoms with Gasteiger partial charge < -0.3 is 10.1 Å². The van der Waals surface area contributed by atoms with Crippen LogP contribution in [0.15, 0.2) is 24.3 Å². The van der Waals surface area contributed by atoms with Crippen LogP contribution in [0.3, 0.4) is 0 Å². The highest BCUT2D eigenvalue weighted by atomic mass is 16.5. The molecule has 17 heavy (non-hydrogen) atoms. The number of methoxy groups -OCH3 is 1. The maximum Gasteiger partial charge on any atom is 0.145 e. The van der Waals surface area contributed by atoms with Crippen molar-refractivity contribution >= 4 is 16.7 Å². The molecule has 1 aromatic carbocycles. The summed E-state index contributed by atoms with van der Waals surface area (Å²) in [4.78, 5) is 4.71. The van der Waals surface area contributed by atoms with E-state index in [4.69, 9.17) is 9.72 Å². The number of fused-ring (bicyclic) bond motifs is 2. The molecule has 0 spiro atoms. The number of hydrogen-bond donors (Lipinski definition) is 1. The van der Waals surface area contributed by atoms with Crippen molar-refractivity contribution in [2.24, 2.45) is 0 Å². The van der Waals surface area contributed by atoms with Gasteiger partial charge in [0, 0.05) is 11.9 Å². The maximum absolute atomic E-state index is 5.36. The lowest BCUT2D eigenvalue weighted by Crippen LogP contribution is -2.02. The summed E-state index contributed by atoms with van der Waals surface area (Å²) in [6.07, 6.45) is 3.56. The van der Waals surface area contributed by atoms with E-state index in [-0.39, 0.29) is 0 Å². The van der Waals surface area contributed by atoms with Gasteiger partial charge in [-0.2, -0.15) is 0 Å². The van der Waals surface area contributed by atoms with Gasteiger partial charge in [0.05, 0.1) is 7.11 Å². The predicted octanol–water partition coefficient (Wildman–Crippen LogP) is 2.99. The molecule has 1 aliphatic rings. The highest BCUT2D eigenvalue weighted by molar-refractivity contribution is 5.87. The van der Waals surface area contributed by atoms with Crippen LogP contribution in [-0.4, -0.2) is 18.6 Å². The molecule has 0 amide bonds. The normalized spacial score (nSPS) is 14.9. The van der Waals surface area contributed by atoms with E-state index in [2.05, 4.69) is 17.4 Å². The zero-order valence-electron chi connectivity index (χ0n) is 9.99. The highest BCUT2D eigenvalue weighted by Crippen LogP contribution is 2.29. The van der Waals surface area contributed by atoms with E-state index in [1.165, 1.54) is 18.4 Å². The minimum atomic E-state index is 0.844. The Morgan fingerprint density at radius 2 is 2.24 bits per heavy atom. The molecule has 0 bridgehead atoms. The third-order valence-electron chi connectivity index (χ3n) is 3.27. The van der Waals surface area contributed by atoms with Crippen molar-refractivity contribution in [2.75, 3.05) is 19.0 Å². The first kappa shape index (κ1) is 10.4. The summed E-state index contributed by atoms with van der Waals surface area (Å²) in [6, 6.07) is 8.30. The molecule has 0 atom stereocenters. The molecule has 3 heteroatoms. The monoisotopic (exact) mass is 228 g/mol. The molecule has 1 aromatic heterocycles. The van der Waals surface area contributed by atoms with E-state index in [0.717, 1.165) is 35.4 Å². The zero-order valence-corrected chi connectivity index (χ0v) is 9.99. The molecule has 0 fully saturated rings. The van der Waals surface area contributed by atoms with Crippen molar-refractivity contribution in [3.05, 3.63) is 29.8 Å². The van der Waals surface area contributed by atoms with Crippen molar-refractivity contribution in [1.29, 1.82) is 0 Å². The molecule has 0 radical (unpaired) electrons. The van der Waals surface area contributed by atoms with Crippen LogP contribution in [0, 0.1) is 0 Å². The van der Waals surface area contributed by atoms with E-state index < -0.39 is 0 Å². The van der Waals surface area contributed by atoms with E-state index in [1.54, 1.807) is 7.11 Å². The van der Waals surface area contributed by atoms with Crippen LogP contribution in [0.25, 0.3) is 10.9 Å². The molecular formula is C14H16N2O. The Morgan fingerprint density at radius 1 is 1.29 bits per heavy atom. The summed E-state index contributed by atoms with van der Waals surface area (Å²) in [5.41, 5.74) is 2.27. The van der Waals surface area contributed by atoms with Gasteiger partial charge in [0.25, 0.3) is 0 Å². The lowest BCUT2D eigenvalue weighted by molar-refractivity contribution is 0.419. The first-order chi connectivity index (χ1) is 8.38. The number of hydrogen-bond acceptors (Lipinski definition) is 3. The topological polar surface area (TPSA) is 34.1 Å². The molecule has 0 saturated heterocycles. The molecule has 2 aromatic rings. The van der Waals surface area contributed by atoms with Crippen LogP contribution in [-0.2, 0) is 6.42 Å². The third kappa shape index (κ3) is 1.82. The molecule has 3 rings (SSSR count). The second-order valence-electron chi connectivity index (χ2n) is 4.41. The molecule has 0 aliphatic carbocycles. The van der Waals surface area contributed by atoms with E-state index in [1.807, 2.05) is 12.1 Å². The summed E-state index contributed by atoms with van der Waals surface area (Å²) in [5.74, 6) is 1.87. The van der Waals surface area contributed by atoms with Crippen molar-refractivity contribution in [3.8, 4) is 5.75 Å². The summed E-state index contributed by atoms with van der Waals surface area (Å²) >= 11 is 0. The van der Waals surface area contributed by atoms with Crippen LogP contribution >= 0.6 is 0 Å².